The van der Waals surface area contributed by atoms with Crippen molar-refractivity contribution >= 4 is 5.91 Å². The van der Waals surface area contributed by atoms with Gasteiger partial charge in [-0.05, 0) is 24.8 Å². The Morgan fingerprint density at radius 2 is 2.12 bits per heavy atom. The lowest BCUT2D eigenvalue weighted by Crippen LogP contribution is -2.30. The molecule has 128 valence electrons. The second-order valence-electron chi connectivity index (χ2n) is 6.54. The lowest BCUT2D eigenvalue weighted by atomic mass is 9.93. The fourth-order valence-corrected chi connectivity index (χ4v) is 3.40. The van der Waals surface area contributed by atoms with Crippen LogP contribution in [0.2, 0.25) is 0 Å². The zero-order valence-corrected chi connectivity index (χ0v) is 14.2. The van der Waals surface area contributed by atoms with Crippen molar-refractivity contribution in [2.75, 3.05) is 0 Å². The molecule has 0 saturated carbocycles. The van der Waals surface area contributed by atoms with Gasteiger partial charge in [-0.3, -0.25) is 14.2 Å². The fourth-order valence-electron chi connectivity index (χ4n) is 3.40. The van der Waals surface area contributed by atoms with Gasteiger partial charge in [0.15, 0.2) is 0 Å². The first-order chi connectivity index (χ1) is 12.2. The number of benzene rings is 1. The van der Waals surface area contributed by atoms with Crippen LogP contribution in [-0.2, 0) is 20.0 Å². The number of hydrogen-bond donors (Lipinski definition) is 1. The topological polar surface area (TPSA) is 64.7 Å². The summed E-state index contributed by atoms with van der Waals surface area (Å²) in [5, 5.41) is 11.9. The maximum absolute atomic E-state index is 12.6. The molecule has 0 radical (unpaired) electrons. The van der Waals surface area contributed by atoms with Crippen LogP contribution in [0, 0.1) is 0 Å². The minimum atomic E-state index is -0.0824. The minimum absolute atomic E-state index is 0.0300. The van der Waals surface area contributed by atoms with Gasteiger partial charge in [0, 0.05) is 25.0 Å². The van der Waals surface area contributed by atoms with E-state index in [0.29, 0.717) is 12.1 Å². The predicted octanol–water partition coefficient (Wildman–Crippen LogP) is 2.47. The summed E-state index contributed by atoms with van der Waals surface area (Å²) in [4.78, 5) is 12.6. The molecule has 1 N–H and O–H groups in total. The Morgan fingerprint density at radius 3 is 2.96 bits per heavy atom. The third kappa shape index (κ3) is 3.33. The Bertz CT molecular complexity index is 880. The van der Waals surface area contributed by atoms with Crippen LogP contribution in [-0.4, -0.2) is 25.5 Å². The number of carbonyl (C=O) groups excluding carboxylic acids is 1. The van der Waals surface area contributed by atoms with Gasteiger partial charge in [-0.25, -0.2) is 0 Å². The second-order valence-corrected chi connectivity index (χ2v) is 6.54. The van der Waals surface area contributed by atoms with Crippen LogP contribution in [0.3, 0.4) is 0 Å². The molecule has 2 aromatic heterocycles. The average Bonchev–Trinajstić information content (AvgIpc) is 3.22. The highest BCUT2D eigenvalue weighted by Gasteiger charge is 2.25. The molecule has 3 aromatic rings. The fraction of sp³-hybridized carbons (Fsp3) is 0.316. The van der Waals surface area contributed by atoms with E-state index in [-0.39, 0.29) is 11.9 Å². The third-order valence-electron chi connectivity index (χ3n) is 4.61. The molecule has 1 amide bonds. The normalized spacial score (nSPS) is 16.4. The molecule has 0 bridgehead atoms. The monoisotopic (exact) mass is 335 g/mol. The van der Waals surface area contributed by atoms with Gasteiger partial charge >= 0.3 is 0 Å². The lowest BCUT2D eigenvalue weighted by Gasteiger charge is -2.22. The van der Waals surface area contributed by atoms with Crippen LogP contribution in [0.1, 0.15) is 46.1 Å². The van der Waals surface area contributed by atoms with Crippen molar-refractivity contribution in [1.29, 1.82) is 0 Å². The largest absolute Gasteiger partial charge is 0.345 e. The van der Waals surface area contributed by atoms with Gasteiger partial charge in [0.05, 0.1) is 30.0 Å². The molecule has 1 aromatic carbocycles. The van der Waals surface area contributed by atoms with E-state index in [1.165, 1.54) is 0 Å². The number of aryl methyl sites for hydroxylation is 2. The first kappa shape index (κ1) is 15.6. The van der Waals surface area contributed by atoms with Crippen molar-refractivity contribution in [2.24, 2.45) is 7.05 Å². The number of aromatic nitrogens is 4. The smallest absolute Gasteiger partial charge is 0.254 e. The molecule has 25 heavy (non-hydrogen) atoms. The summed E-state index contributed by atoms with van der Waals surface area (Å²) in [5.74, 6) is -0.0824. The molecule has 0 fully saturated rings. The molecule has 0 spiro atoms. The number of amides is 1. The van der Waals surface area contributed by atoms with Gasteiger partial charge in [-0.15, -0.1) is 0 Å². The Hall–Kier alpha value is -2.89. The maximum atomic E-state index is 12.6. The van der Waals surface area contributed by atoms with Gasteiger partial charge in [-0.1, -0.05) is 30.3 Å². The molecule has 0 saturated heterocycles. The summed E-state index contributed by atoms with van der Waals surface area (Å²) < 4.78 is 3.62. The molecule has 1 aliphatic carbocycles. The average molecular weight is 335 g/mol. The van der Waals surface area contributed by atoms with E-state index in [1.54, 1.807) is 17.1 Å². The third-order valence-corrected chi connectivity index (χ3v) is 4.61. The van der Waals surface area contributed by atoms with Crippen LogP contribution in [0.4, 0.5) is 0 Å². The van der Waals surface area contributed by atoms with Crippen LogP contribution >= 0.6 is 0 Å². The molecule has 1 unspecified atom stereocenters. The summed E-state index contributed by atoms with van der Waals surface area (Å²) >= 11 is 0. The zero-order valence-electron chi connectivity index (χ0n) is 14.2. The Labute approximate surface area is 146 Å². The Morgan fingerprint density at radius 1 is 1.28 bits per heavy atom. The van der Waals surface area contributed by atoms with Crippen molar-refractivity contribution < 1.29 is 4.79 Å². The van der Waals surface area contributed by atoms with E-state index in [9.17, 15) is 4.79 Å². The summed E-state index contributed by atoms with van der Waals surface area (Å²) in [6, 6.07) is 10.1. The molecule has 1 atom stereocenters. The predicted molar refractivity (Wildman–Crippen MR) is 94.1 cm³/mol. The van der Waals surface area contributed by atoms with E-state index in [0.717, 1.165) is 36.1 Å². The highest BCUT2D eigenvalue weighted by molar-refractivity contribution is 5.94. The van der Waals surface area contributed by atoms with Gasteiger partial charge < -0.3 is 5.32 Å². The number of hydrogen-bond acceptors (Lipinski definition) is 3. The molecular formula is C19H21N5O. The molecule has 6 heteroatoms. The van der Waals surface area contributed by atoms with Gasteiger partial charge in [0.25, 0.3) is 5.91 Å². The van der Waals surface area contributed by atoms with Crippen LogP contribution < -0.4 is 5.32 Å². The highest BCUT2D eigenvalue weighted by Crippen LogP contribution is 2.28. The van der Waals surface area contributed by atoms with E-state index >= 15 is 0 Å². The number of nitrogens with one attached hydrogen (secondary N) is 1. The van der Waals surface area contributed by atoms with Crippen molar-refractivity contribution in [3.8, 4) is 0 Å². The first-order valence-corrected chi connectivity index (χ1v) is 8.59. The van der Waals surface area contributed by atoms with Gasteiger partial charge in [0.2, 0.25) is 0 Å². The molecule has 4 rings (SSSR count). The Kier molecular flexibility index (Phi) is 4.09. The summed E-state index contributed by atoms with van der Waals surface area (Å²) in [6.07, 6.45) is 8.42. The number of carbonyl (C=O) groups is 1. The quantitative estimate of drug-likeness (QED) is 0.796. The maximum Gasteiger partial charge on any atom is 0.254 e. The number of fused-ring (bicyclic) bond motifs is 1. The van der Waals surface area contributed by atoms with Crippen molar-refractivity contribution in [3.05, 3.63) is 71.3 Å². The summed E-state index contributed by atoms with van der Waals surface area (Å²) in [7, 11) is 1.92. The zero-order chi connectivity index (χ0) is 17.2. The van der Waals surface area contributed by atoms with E-state index in [2.05, 4.69) is 15.5 Å². The lowest BCUT2D eigenvalue weighted by molar-refractivity contribution is 0.0932. The van der Waals surface area contributed by atoms with E-state index in [1.807, 2.05) is 48.3 Å². The SMILES string of the molecule is Cn1cc2c(n1)CCCC2NC(=O)c1cnn(Cc2ccccc2)c1. The highest BCUT2D eigenvalue weighted by atomic mass is 16.1. The second kappa shape index (κ2) is 6.55. The molecule has 2 heterocycles. The molecule has 6 nitrogen and oxygen atoms in total. The van der Waals surface area contributed by atoms with Crippen molar-refractivity contribution in [2.45, 2.75) is 31.8 Å². The van der Waals surface area contributed by atoms with Crippen LogP contribution in [0.15, 0.2) is 48.9 Å². The summed E-state index contributed by atoms with van der Waals surface area (Å²) in [5.41, 5.74) is 3.98. The van der Waals surface area contributed by atoms with Crippen LogP contribution in [0.25, 0.3) is 0 Å². The standard InChI is InChI=1S/C19H21N5O/c1-23-13-16-17(8-5-9-18(16)22-23)21-19(25)15-10-20-24(12-15)11-14-6-3-2-4-7-14/h2-4,6-7,10,12-13,17H,5,8-9,11H2,1H3,(H,21,25). The van der Waals surface area contributed by atoms with E-state index in [4.69, 9.17) is 0 Å². The first-order valence-electron chi connectivity index (χ1n) is 8.59. The van der Waals surface area contributed by atoms with Gasteiger partial charge in [0.1, 0.15) is 0 Å². The van der Waals surface area contributed by atoms with Crippen LogP contribution in [0.5, 0.6) is 0 Å². The van der Waals surface area contributed by atoms with Gasteiger partial charge in [-0.2, -0.15) is 10.2 Å². The Balaban J connectivity index is 1.45. The summed E-state index contributed by atoms with van der Waals surface area (Å²) in [6.45, 7) is 0.657. The number of rotatable bonds is 4. The molecule has 1 aliphatic rings. The van der Waals surface area contributed by atoms with E-state index < -0.39 is 0 Å². The van der Waals surface area contributed by atoms with Crippen molar-refractivity contribution in [1.82, 2.24) is 24.9 Å². The molecule has 0 aliphatic heterocycles. The number of nitrogens with zero attached hydrogens (tertiary/aromatic N) is 4. The minimum Gasteiger partial charge on any atom is -0.345 e. The molecular weight excluding hydrogens is 314 g/mol. The van der Waals surface area contributed by atoms with Crippen molar-refractivity contribution in [3.63, 3.8) is 0 Å².